The highest BCUT2D eigenvalue weighted by atomic mass is 32.1. The fourth-order valence-electron chi connectivity index (χ4n) is 4.32. The molecule has 11 nitrogen and oxygen atoms in total. The van der Waals surface area contributed by atoms with Crippen LogP contribution in [0.2, 0.25) is 0 Å². The molecule has 45 heavy (non-hydrogen) atoms. The van der Waals surface area contributed by atoms with E-state index >= 15 is 0 Å². The minimum Gasteiger partial charge on any atom is -0.493 e. The molecule has 2 heterocycles. The minimum atomic E-state index is -0.462. The Hall–Kier alpha value is -4.36. The number of amides is 1. The van der Waals surface area contributed by atoms with Crippen LogP contribution in [-0.2, 0) is 19.1 Å². The van der Waals surface area contributed by atoms with E-state index in [1.54, 1.807) is 34.3 Å². The van der Waals surface area contributed by atoms with Crippen LogP contribution in [0.15, 0.2) is 36.4 Å². The number of fused-ring (bicyclic) bond motifs is 2. The number of ether oxygens (including phenoxy) is 6. The van der Waals surface area contributed by atoms with Crippen molar-refractivity contribution in [2.75, 3.05) is 47.6 Å². The zero-order chi connectivity index (χ0) is 32.3. The van der Waals surface area contributed by atoms with Crippen LogP contribution < -0.4 is 23.7 Å². The number of methoxy groups -OCH3 is 2. The van der Waals surface area contributed by atoms with Crippen molar-refractivity contribution in [3.05, 3.63) is 41.3 Å². The second kappa shape index (κ2) is 16.1. The first-order chi connectivity index (χ1) is 21.8. The van der Waals surface area contributed by atoms with Crippen molar-refractivity contribution in [1.82, 2.24) is 4.90 Å². The molecular weight excluding hydrogens is 622 g/mol. The molecule has 0 aliphatic rings. The average molecular weight is 658 g/mol. The van der Waals surface area contributed by atoms with E-state index in [9.17, 15) is 19.2 Å². The average Bonchev–Trinajstić information content (AvgIpc) is 3.63. The Bertz CT molecular complexity index is 1660. The van der Waals surface area contributed by atoms with Crippen LogP contribution in [0.4, 0.5) is 0 Å². The number of hydrogen-bond donors (Lipinski definition) is 0. The minimum absolute atomic E-state index is 0.0304. The summed E-state index contributed by atoms with van der Waals surface area (Å²) in [5, 5.41) is 2.12. The summed E-state index contributed by atoms with van der Waals surface area (Å²) in [7, 11) is 4.77. The Balaban J connectivity index is 1.34. The van der Waals surface area contributed by atoms with E-state index in [2.05, 4.69) is 0 Å². The van der Waals surface area contributed by atoms with Gasteiger partial charge in [0.25, 0.3) is 5.91 Å². The second-order valence-electron chi connectivity index (χ2n) is 9.77. The van der Waals surface area contributed by atoms with Crippen LogP contribution in [0.3, 0.4) is 0 Å². The van der Waals surface area contributed by atoms with Crippen molar-refractivity contribution in [1.29, 1.82) is 0 Å². The molecule has 2 aromatic carbocycles. The quantitative estimate of drug-likeness (QED) is 0.0771. The summed E-state index contributed by atoms with van der Waals surface area (Å²) in [6.07, 6.45) is 1.53. The molecule has 0 saturated carbocycles. The molecule has 0 saturated heterocycles. The van der Waals surface area contributed by atoms with Crippen molar-refractivity contribution >= 4 is 67.0 Å². The van der Waals surface area contributed by atoms with Crippen LogP contribution in [0.25, 0.3) is 20.2 Å². The Kier molecular flexibility index (Phi) is 12.0. The van der Waals surface area contributed by atoms with Crippen LogP contribution in [0.5, 0.6) is 28.1 Å². The van der Waals surface area contributed by atoms with Crippen LogP contribution in [0.1, 0.15) is 42.3 Å². The molecule has 0 radical (unpaired) electrons. The van der Waals surface area contributed by atoms with E-state index in [1.165, 1.54) is 27.6 Å². The number of nitrogens with zero attached hydrogens (tertiary/aromatic N) is 1. The summed E-state index contributed by atoms with van der Waals surface area (Å²) in [4.78, 5) is 49.1. The third kappa shape index (κ3) is 8.85. The number of thiophene rings is 2. The highest BCUT2D eigenvalue weighted by Gasteiger charge is 2.18. The summed E-state index contributed by atoms with van der Waals surface area (Å²) < 4.78 is 35.1. The highest BCUT2D eigenvalue weighted by Crippen LogP contribution is 2.40. The first-order valence-electron chi connectivity index (χ1n) is 14.3. The van der Waals surface area contributed by atoms with Crippen molar-refractivity contribution in [2.45, 2.75) is 32.6 Å². The number of benzene rings is 2. The molecule has 0 aliphatic carbocycles. The molecule has 0 N–H and O–H groups in total. The van der Waals surface area contributed by atoms with Gasteiger partial charge in [0, 0.05) is 59.4 Å². The van der Waals surface area contributed by atoms with Gasteiger partial charge in [0.1, 0.15) is 6.29 Å². The molecule has 4 rings (SSSR count). The maximum atomic E-state index is 13.0. The Morgan fingerprint density at radius 1 is 0.800 bits per heavy atom. The summed E-state index contributed by atoms with van der Waals surface area (Å²) >= 11 is 2.65. The van der Waals surface area contributed by atoms with Crippen molar-refractivity contribution in [2.24, 2.45) is 0 Å². The van der Waals surface area contributed by atoms with Crippen LogP contribution in [0, 0.1) is 0 Å². The Morgan fingerprint density at radius 2 is 1.42 bits per heavy atom. The van der Waals surface area contributed by atoms with Gasteiger partial charge in [-0.15, -0.1) is 11.3 Å². The SMILES string of the molecule is CCOC(=O)CCN(C)C(=O)c1cc2cc(OCCCOc3cc4sc(OC(=O)CCC=O)cc4cc3OC)c(OC)cc2s1. The molecule has 0 aliphatic heterocycles. The van der Waals surface area contributed by atoms with Gasteiger partial charge in [0.05, 0.1) is 51.8 Å². The third-order valence-electron chi connectivity index (χ3n) is 6.58. The monoisotopic (exact) mass is 657 g/mol. The van der Waals surface area contributed by atoms with Crippen molar-refractivity contribution in [3.8, 4) is 28.1 Å². The van der Waals surface area contributed by atoms with E-state index < -0.39 is 5.97 Å². The molecule has 0 unspecified atom stereocenters. The molecule has 0 fully saturated rings. The maximum absolute atomic E-state index is 13.0. The van der Waals surface area contributed by atoms with Gasteiger partial charge in [0.2, 0.25) is 0 Å². The lowest BCUT2D eigenvalue weighted by Gasteiger charge is -2.15. The molecule has 1 amide bonds. The van der Waals surface area contributed by atoms with Crippen LogP contribution >= 0.6 is 22.7 Å². The number of carbonyl (C=O) groups excluding carboxylic acids is 4. The van der Waals surface area contributed by atoms with Gasteiger partial charge in [-0.05, 0) is 30.5 Å². The van der Waals surface area contributed by atoms with Crippen molar-refractivity contribution in [3.63, 3.8) is 0 Å². The van der Waals surface area contributed by atoms with E-state index in [0.717, 1.165) is 20.2 Å². The van der Waals surface area contributed by atoms with E-state index in [1.807, 2.05) is 30.3 Å². The van der Waals surface area contributed by atoms with Gasteiger partial charge in [-0.2, -0.15) is 0 Å². The van der Waals surface area contributed by atoms with Crippen molar-refractivity contribution < 1.29 is 47.6 Å². The van der Waals surface area contributed by atoms with Gasteiger partial charge in [-0.3, -0.25) is 14.4 Å². The number of carbonyl (C=O) groups is 4. The second-order valence-corrected chi connectivity index (χ2v) is 11.9. The van der Waals surface area contributed by atoms with Gasteiger partial charge >= 0.3 is 11.9 Å². The van der Waals surface area contributed by atoms with Gasteiger partial charge in [-0.1, -0.05) is 11.3 Å². The molecule has 2 aromatic heterocycles. The standard InChI is InChI=1S/C32H35NO10S2/c1-5-40-29(35)9-10-33(2)32(37)28-16-20-15-24(23(39-4)18-26(20)44-28)41-12-7-13-42-25-19-27-21(14-22(25)38-3)17-31(45-27)43-30(36)8-6-11-34/h11,14-19H,5-10,12-13H2,1-4H3. The lowest BCUT2D eigenvalue weighted by atomic mass is 10.2. The van der Waals surface area contributed by atoms with Crippen LogP contribution in [-0.4, -0.2) is 76.7 Å². The van der Waals surface area contributed by atoms with E-state index in [0.29, 0.717) is 65.5 Å². The maximum Gasteiger partial charge on any atom is 0.312 e. The normalized spacial score (nSPS) is 10.8. The number of rotatable bonds is 17. The van der Waals surface area contributed by atoms with Gasteiger partial charge in [-0.25, -0.2) is 0 Å². The zero-order valence-electron chi connectivity index (χ0n) is 25.5. The van der Waals surface area contributed by atoms with E-state index in [4.69, 9.17) is 28.4 Å². The van der Waals surface area contributed by atoms with Gasteiger partial charge < -0.3 is 38.1 Å². The molecule has 13 heteroatoms. The fourth-order valence-corrected chi connectivity index (χ4v) is 6.32. The fraction of sp³-hybridized carbons (Fsp3) is 0.375. The number of aldehydes is 1. The molecule has 240 valence electrons. The first kappa shape index (κ1) is 33.5. The summed E-state index contributed by atoms with van der Waals surface area (Å²) in [5.41, 5.74) is 0. The lowest BCUT2D eigenvalue weighted by Crippen LogP contribution is -2.28. The molecule has 0 bridgehead atoms. The van der Waals surface area contributed by atoms with E-state index in [-0.39, 0.29) is 37.7 Å². The number of hydrogen-bond acceptors (Lipinski definition) is 12. The Morgan fingerprint density at radius 3 is 2.11 bits per heavy atom. The zero-order valence-corrected chi connectivity index (χ0v) is 27.2. The smallest absolute Gasteiger partial charge is 0.312 e. The molecule has 0 spiro atoms. The highest BCUT2D eigenvalue weighted by molar-refractivity contribution is 7.21. The largest absolute Gasteiger partial charge is 0.493 e. The summed E-state index contributed by atoms with van der Waals surface area (Å²) in [5.74, 6) is 1.21. The predicted octanol–water partition coefficient (Wildman–Crippen LogP) is 5.89. The molecular formula is C32H35NO10S2. The predicted molar refractivity (Wildman–Crippen MR) is 172 cm³/mol. The Labute approximate surface area is 268 Å². The lowest BCUT2D eigenvalue weighted by molar-refractivity contribution is -0.143. The first-order valence-corrected chi connectivity index (χ1v) is 15.9. The summed E-state index contributed by atoms with van der Waals surface area (Å²) in [6, 6.07) is 10.9. The third-order valence-corrected chi connectivity index (χ3v) is 8.64. The molecule has 0 atom stereocenters. The topological polar surface area (TPSA) is 127 Å². The number of esters is 2. The van der Waals surface area contributed by atoms with Gasteiger partial charge in [0.15, 0.2) is 28.1 Å². The molecule has 4 aromatic rings. The summed E-state index contributed by atoms with van der Waals surface area (Å²) in [6.45, 7) is 3.01.